The quantitative estimate of drug-likeness (QED) is 0.502. The molecule has 0 saturated carbocycles. The molecule has 0 atom stereocenters. The summed E-state index contributed by atoms with van der Waals surface area (Å²) in [6, 6.07) is 0. The number of thioether (sulfide) groups is 1. The SMILES string of the molecule is [CH]=CCCCCSCCCC. The fourth-order valence-corrected chi connectivity index (χ4v) is 1.92. The van der Waals surface area contributed by atoms with E-state index in [1.54, 1.807) is 6.08 Å². The van der Waals surface area contributed by atoms with Crippen molar-refractivity contribution < 1.29 is 0 Å². The summed E-state index contributed by atoms with van der Waals surface area (Å²) in [5.74, 6) is 2.65. The van der Waals surface area contributed by atoms with Crippen LogP contribution in [-0.4, -0.2) is 11.5 Å². The van der Waals surface area contributed by atoms with E-state index < -0.39 is 0 Å². The molecule has 0 aliphatic heterocycles. The van der Waals surface area contributed by atoms with E-state index in [1.165, 1.54) is 37.2 Å². The van der Waals surface area contributed by atoms with E-state index in [1.807, 2.05) is 0 Å². The van der Waals surface area contributed by atoms with Crippen LogP contribution in [0.4, 0.5) is 0 Å². The van der Waals surface area contributed by atoms with Crippen LogP contribution in [0.3, 0.4) is 0 Å². The summed E-state index contributed by atoms with van der Waals surface area (Å²) in [5.41, 5.74) is 0. The Morgan fingerprint density at radius 1 is 1.18 bits per heavy atom. The number of unbranched alkanes of at least 4 members (excludes halogenated alkanes) is 3. The molecule has 0 aromatic carbocycles. The van der Waals surface area contributed by atoms with Gasteiger partial charge in [-0.05, 0) is 37.2 Å². The fourth-order valence-electron chi connectivity index (χ4n) is 0.815. The van der Waals surface area contributed by atoms with Gasteiger partial charge in [0.05, 0.1) is 0 Å². The van der Waals surface area contributed by atoms with E-state index in [2.05, 4.69) is 18.7 Å². The van der Waals surface area contributed by atoms with Crippen molar-refractivity contribution in [3.63, 3.8) is 0 Å². The third kappa shape index (κ3) is 10.1. The van der Waals surface area contributed by atoms with Gasteiger partial charge < -0.3 is 0 Å². The average molecular weight is 171 g/mol. The molecule has 0 saturated heterocycles. The molecule has 0 aromatic rings. The van der Waals surface area contributed by atoms with Gasteiger partial charge in [-0.1, -0.05) is 26.0 Å². The molecule has 0 nitrogen and oxygen atoms in total. The highest BCUT2D eigenvalue weighted by Crippen LogP contribution is 2.08. The van der Waals surface area contributed by atoms with Gasteiger partial charge in [-0.3, -0.25) is 0 Å². The van der Waals surface area contributed by atoms with Crippen molar-refractivity contribution in [2.75, 3.05) is 11.5 Å². The van der Waals surface area contributed by atoms with Gasteiger partial charge in [0.15, 0.2) is 0 Å². The van der Waals surface area contributed by atoms with Crippen LogP contribution in [-0.2, 0) is 0 Å². The maximum absolute atomic E-state index is 5.26. The molecule has 11 heavy (non-hydrogen) atoms. The first-order valence-corrected chi connectivity index (χ1v) is 5.68. The van der Waals surface area contributed by atoms with Crippen molar-refractivity contribution in [2.45, 2.75) is 39.0 Å². The Morgan fingerprint density at radius 3 is 2.55 bits per heavy atom. The molecule has 0 heterocycles. The van der Waals surface area contributed by atoms with Crippen molar-refractivity contribution in [1.29, 1.82) is 0 Å². The molecule has 0 aliphatic carbocycles. The van der Waals surface area contributed by atoms with Crippen molar-refractivity contribution in [3.05, 3.63) is 12.7 Å². The Hall–Kier alpha value is 0.0900. The van der Waals surface area contributed by atoms with Gasteiger partial charge in [0.1, 0.15) is 0 Å². The Kier molecular flexibility index (Phi) is 10.2. The summed E-state index contributed by atoms with van der Waals surface area (Å²) in [6.45, 7) is 7.50. The van der Waals surface area contributed by atoms with E-state index >= 15 is 0 Å². The molecule has 0 aliphatic rings. The van der Waals surface area contributed by atoms with E-state index in [0.29, 0.717) is 0 Å². The first-order valence-electron chi connectivity index (χ1n) is 4.53. The second-order valence-corrected chi connectivity index (χ2v) is 3.92. The van der Waals surface area contributed by atoms with Gasteiger partial charge in [0, 0.05) is 0 Å². The zero-order chi connectivity index (χ0) is 8.36. The van der Waals surface area contributed by atoms with Crippen molar-refractivity contribution in [2.24, 2.45) is 0 Å². The summed E-state index contributed by atoms with van der Waals surface area (Å²) in [6.07, 6.45) is 8.11. The van der Waals surface area contributed by atoms with Gasteiger partial charge in [-0.15, -0.1) is 0 Å². The fraction of sp³-hybridized carbons (Fsp3) is 0.800. The van der Waals surface area contributed by atoms with Crippen LogP contribution in [0.25, 0.3) is 0 Å². The standard InChI is InChI=1S/C10H19S/c1-3-5-7-8-10-11-9-6-4-2/h1,3H,4-10H2,2H3. The maximum atomic E-state index is 5.26. The van der Waals surface area contributed by atoms with Crippen LogP contribution < -0.4 is 0 Å². The van der Waals surface area contributed by atoms with E-state index in [-0.39, 0.29) is 0 Å². The van der Waals surface area contributed by atoms with Crippen LogP contribution in [0.5, 0.6) is 0 Å². The van der Waals surface area contributed by atoms with E-state index in [4.69, 9.17) is 6.58 Å². The van der Waals surface area contributed by atoms with Gasteiger partial charge in [-0.25, -0.2) is 0 Å². The highest BCUT2D eigenvalue weighted by atomic mass is 32.2. The molecule has 1 heteroatoms. The minimum absolute atomic E-state index is 1.08. The van der Waals surface area contributed by atoms with Crippen molar-refractivity contribution in [1.82, 2.24) is 0 Å². The Bertz CT molecular complexity index is 78.9. The van der Waals surface area contributed by atoms with Crippen molar-refractivity contribution >= 4 is 11.8 Å². The topological polar surface area (TPSA) is 0 Å². The normalized spacial score (nSPS) is 9.91. The second-order valence-electron chi connectivity index (χ2n) is 2.70. The second kappa shape index (κ2) is 10.1. The highest BCUT2D eigenvalue weighted by molar-refractivity contribution is 7.99. The lowest BCUT2D eigenvalue weighted by atomic mass is 10.2. The van der Waals surface area contributed by atoms with E-state index in [0.717, 1.165) is 6.42 Å². The van der Waals surface area contributed by atoms with Gasteiger partial charge in [0.2, 0.25) is 0 Å². The predicted molar refractivity (Wildman–Crippen MR) is 55.0 cm³/mol. The van der Waals surface area contributed by atoms with Crippen LogP contribution in [0.2, 0.25) is 0 Å². The third-order valence-electron chi connectivity index (χ3n) is 1.55. The number of rotatable bonds is 8. The molecule has 0 amide bonds. The lowest BCUT2D eigenvalue weighted by Gasteiger charge is -1.98. The smallest absolute Gasteiger partial charge is 0.00674 e. The summed E-state index contributed by atoms with van der Waals surface area (Å²) in [5, 5.41) is 0. The van der Waals surface area contributed by atoms with Crippen LogP contribution in [0.15, 0.2) is 6.08 Å². The zero-order valence-electron chi connectivity index (χ0n) is 7.51. The summed E-state index contributed by atoms with van der Waals surface area (Å²) < 4.78 is 0. The zero-order valence-corrected chi connectivity index (χ0v) is 8.33. The molecular formula is C10H19S. The molecule has 0 fully saturated rings. The lowest BCUT2D eigenvalue weighted by molar-refractivity contribution is 0.821. The first kappa shape index (κ1) is 11.1. The Labute approximate surface area is 75.5 Å². The maximum Gasteiger partial charge on any atom is -0.00674 e. The third-order valence-corrected chi connectivity index (χ3v) is 2.71. The highest BCUT2D eigenvalue weighted by Gasteiger charge is 1.88. The van der Waals surface area contributed by atoms with Crippen LogP contribution in [0, 0.1) is 6.58 Å². The molecule has 0 N–H and O–H groups in total. The first-order chi connectivity index (χ1) is 5.41. The van der Waals surface area contributed by atoms with Gasteiger partial charge >= 0.3 is 0 Å². The molecule has 0 bridgehead atoms. The molecule has 0 unspecified atom stereocenters. The monoisotopic (exact) mass is 171 g/mol. The summed E-state index contributed by atoms with van der Waals surface area (Å²) in [7, 11) is 0. The minimum atomic E-state index is 1.08. The van der Waals surface area contributed by atoms with E-state index in [9.17, 15) is 0 Å². The lowest BCUT2D eigenvalue weighted by Crippen LogP contribution is -1.83. The molecule has 0 rings (SSSR count). The Balaban J connectivity index is 2.74. The largest absolute Gasteiger partial charge is 0.162 e. The number of hydrogen-bond acceptors (Lipinski definition) is 1. The van der Waals surface area contributed by atoms with Gasteiger partial charge in [-0.2, -0.15) is 11.8 Å². The Morgan fingerprint density at radius 2 is 1.91 bits per heavy atom. The average Bonchev–Trinajstić information content (AvgIpc) is 2.03. The van der Waals surface area contributed by atoms with Crippen molar-refractivity contribution in [3.8, 4) is 0 Å². The number of allylic oxidation sites excluding steroid dienone is 1. The summed E-state index contributed by atoms with van der Waals surface area (Å²) in [4.78, 5) is 0. The molecular weight excluding hydrogens is 152 g/mol. The molecule has 0 aromatic heterocycles. The number of hydrogen-bond donors (Lipinski definition) is 0. The predicted octanol–water partition coefficient (Wildman–Crippen LogP) is 3.68. The minimum Gasteiger partial charge on any atom is -0.162 e. The molecule has 0 spiro atoms. The van der Waals surface area contributed by atoms with Gasteiger partial charge in [0.25, 0.3) is 0 Å². The van der Waals surface area contributed by atoms with Crippen LogP contribution >= 0.6 is 11.8 Å². The molecule has 65 valence electrons. The summed E-state index contributed by atoms with van der Waals surface area (Å²) >= 11 is 2.07. The van der Waals surface area contributed by atoms with Crippen LogP contribution in [0.1, 0.15) is 39.0 Å². The molecule has 1 radical (unpaired) electrons.